The zero-order chi connectivity index (χ0) is 23.8. The van der Waals surface area contributed by atoms with Crippen molar-refractivity contribution >= 4 is 17.5 Å². The van der Waals surface area contributed by atoms with E-state index in [2.05, 4.69) is 16.4 Å². The third-order valence-corrected chi connectivity index (χ3v) is 5.23. The van der Waals surface area contributed by atoms with Crippen LogP contribution in [0.4, 0.5) is 5.69 Å². The molecule has 3 aromatic rings. The lowest BCUT2D eigenvalue weighted by atomic mass is 9.92. The summed E-state index contributed by atoms with van der Waals surface area (Å²) in [5.74, 6) is -0.367. The molecule has 3 rings (SSSR count). The van der Waals surface area contributed by atoms with Crippen molar-refractivity contribution in [3.8, 4) is 6.07 Å². The number of amides is 2. The van der Waals surface area contributed by atoms with Crippen molar-refractivity contribution in [1.29, 1.82) is 5.26 Å². The van der Waals surface area contributed by atoms with E-state index < -0.39 is 0 Å². The van der Waals surface area contributed by atoms with Gasteiger partial charge in [-0.05, 0) is 66.1 Å². The van der Waals surface area contributed by atoms with E-state index in [1.54, 1.807) is 47.5 Å². The summed E-state index contributed by atoms with van der Waals surface area (Å²) in [7, 11) is 0. The number of nitrogens with two attached hydrogens (primary N) is 1. The molecule has 1 heterocycles. The summed E-state index contributed by atoms with van der Waals surface area (Å²) >= 11 is 0. The molecule has 7 heteroatoms. The van der Waals surface area contributed by atoms with Crippen LogP contribution < -0.4 is 11.1 Å². The smallest absolute Gasteiger partial charge is 0.257 e. The molecule has 0 spiro atoms. The zero-order valence-corrected chi connectivity index (χ0v) is 18.8. The highest BCUT2D eigenvalue weighted by Gasteiger charge is 2.25. The topological polar surface area (TPSA) is 112 Å². The third kappa shape index (κ3) is 6.48. The highest BCUT2D eigenvalue weighted by Crippen LogP contribution is 2.21. The molecule has 0 saturated heterocycles. The summed E-state index contributed by atoms with van der Waals surface area (Å²) in [5.41, 5.74) is 8.73. The summed E-state index contributed by atoms with van der Waals surface area (Å²) in [6.45, 7) is 5.33. The Balaban J connectivity index is 1.75. The van der Waals surface area contributed by atoms with Gasteiger partial charge in [0.25, 0.3) is 11.8 Å². The third-order valence-electron chi connectivity index (χ3n) is 5.23. The quantitative estimate of drug-likeness (QED) is 0.552. The lowest BCUT2D eigenvalue weighted by molar-refractivity contribution is 0.0673. The van der Waals surface area contributed by atoms with Crippen LogP contribution in [0.15, 0.2) is 73.1 Å². The summed E-state index contributed by atoms with van der Waals surface area (Å²) in [6.07, 6.45) is 3.12. The Bertz CT molecular complexity index is 1130. The molecule has 0 unspecified atom stereocenters. The van der Waals surface area contributed by atoms with Crippen LogP contribution in [0.2, 0.25) is 0 Å². The average molecular weight is 442 g/mol. The van der Waals surface area contributed by atoms with E-state index in [9.17, 15) is 9.59 Å². The second kappa shape index (κ2) is 10.5. The Morgan fingerprint density at radius 1 is 1.06 bits per heavy atom. The number of rotatable bonds is 8. The van der Waals surface area contributed by atoms with Crippen LogP contribution in [0.25, 0.3) is 0 Å². The fourth-order valence-electron chi connectivity index (χ4n) is 3.26. The lowest BCUT2D eigenvalue weighted by Crippen LogP contribution is -2.41. The molecule has 0 aliphatic carbocycles. The number of hydrogen-bond donors (Lipinski definition) is 2. The summed E-state index contributed by atoms with van der Waals surface area (Å²) in [6, 6.07) is 19.5. The monoisotopic (exact) mass is 441 g/mol. The molecule has 2 aromatic carbocycles. The zero-order valence-electron chi connectivity index (χ0n) is 18.8. The number of benzene rings is 2. The molecule has 168 valence electrons. The second-order valence-corrected chi connectivity index (χ2v) is 8.61. The van der Waals surface area contributed by atoms with E-state index in [4.69, 9.17) is 11.0 Å². The number of nitrogens with one attached hydrogen (secondary N) is 1. The number of pyridine rings is 1. The molecule has 0 saturated carbocycles. The van der Waals surface area contributed by atoms with Crippen LogP contribution in [0.5, 0.6) is 0 Å². The van der Waals surface area contributed by atoms with Crippen LogP contribution in [0.1, 0.15) is 45.7 Å². The molecule has 3 N–H and O–H groups in total. The first-order valence-corrected chi connectivity index (χ1v) is 10.6. The van der Waals surface area contributed by atoms with Gasteiger partial charge in [-0.2, -0.15) is 5.26 Å². The van der Waals surface area contributed by atoms with Crippen molar-refractivity contribution in [1.82, 2.24) is 9.88 Å². The van der Waals surface area contributed by atoms with Crippen molar-refractivity contribution in [2.45, 2.75) is 20.4 Å². The van der Waals surface area contributed by atoms with Gasteiger partial charge in [0.2, 0.25) is 0 Å². The van der Waals surface area contributed by atoms with E-state index in [0.717, 1.165) is 5.56 Å². The highest BCUT2D eigenvalue weighted by molar-refractivity contribution is 6.04. The average Bonchev–Trinajstić information content (AvgIpc) is 2.85. The lowest BCUT2D eigenvalue weighted by Gasteiger charge is -2.32. The molecule has 0 radical (unpaired) electrons. The molecule has 0 aliphatic heterocycles. The fourth-order valence-corrected chi connectivity index (χ4v) is 3.26. The number of nitriles is 1. The largest absolute Gasteiger partial charge is 0.334 e. The minimum atomic E-state index is -0.264. The standard InChI is InChI=1S/C26H27N5O2/c1-26(2,17-28)18-31(25(33)21-9-5-19(14-27)6-10-21)16-20-7-11-23(12-8-20)30-24(32)22-4-3-13-29-15-22/h3-13,15H,16-18,28H2,1-2H3,(H,30,32). The van der Waals surface area contributed by atoms with Crippen LogP contribution in [0, 0.1) is 16.7 Å². The van der Waals surface area contributed by atoms with Crippen LogP contribution in [-0.2, 0) is 6.54 Å². The second-order valence-electron chi connectivity index (χ2n) is 8.61. The van der Waals surface area contributed by atoms with Crippen LogP contribution in [-0.4, -0.2) is 34.8 Å². The molecule has 0 fully saturated rings. The van der Waals surface area contributed by atoms with Gasteiger partial charge in [0, 0.05) is 36.7 Å². The van der Waals surface area contributed by atoms with E-state index in [1.165, 1.54) is 6.20 Å². The Hall–Kier alpha value is -4.02. The molecular weight excluding hydrogens is 414 g/mol. The van der Waals surface area contributed by atoms with Gasteiger partial charge in [-0.15, -0.1) is 0 Å². The molecule has 0 aliphatic rings. The maximum absolute atomic E-state index is 13.3. The predicted octanol–water partition coefficient (Wildman–Crippen LogP) is 3.83. The first-order valence-electron chi connectivity index (χ1n) is 10.6. The van der Waals surface area contributed by atoms with E-state index in [-0.39, 0.29) is 17.2 Å². The molecule has 0 bridgehead atoms. The Morgan fingerprint density at radius 2 is 1.76 bits per heavy atom. The number of carbonyl (C=O) groups is 2. The first kappa shape index (κ1) is 23.6. The minimum Gasteiger partial charge on any atom is -0.334 e. The van der Waals surface area contributed by atoms with Gasteiger partial charge >= 0.3 is 0 Å². The maximum atomic E-state index is 13.3. The van der Waals surface area contributed by atoms with Crippen LogP contribution in [0.3, 0.4) is 0 Å². The molecule has 0 atom stereocenters. The fraction of sp³-hybridized carbons (Fsp3) is 0.231. The van der Waals surface area contributed by atoms with Gasteiger partial charge in [0.1, 0.15) is 0 Å². The molecular formula is C26H27N5O2. The Labute approximate surface area is 193 Å². The minimum absolute atomic E-state index is 0.130. The van der Waals surface area contributed by atoms with Gasteiger partial charge in [-0.3, -0.25) is 14.6 Å². The summed E-state index contributed by atoms with van der Waals surface area (Å²) in [5, 5.41) is 11.9. The Kier molecular flexibility index (Phi) is 7.54. The molecule has 33 heavy (non-hydrogen) atoms. The van der Waals surface area contributed by atoms with Crippen molar-refractivity contribution in [2.75, 3.05) is 18.4 Å². The van der Waals surface area contributed by atoms with Gasteiger partial charge < -0.3 is 16.0 Å². The van der Waals surface area contributed by atoms with Gasteiger partial charge in [-0.25, -0.2) is 0 Å². The van der Waals surface area contributed by atoms with E-state index in [0.29, 0.717) is 42.0 Å². The van der Waals surface area contributed by atoms with Crippen molar-refractivity contribution in [3.05, 3.63) is 95.3 Å². The number of hydrogen-bond acceptors (Lipinski definition) is 5. The van der Waals surface area contributed by atoms with Crippen LogP contribution >= 0.6 is 0 Å². The Morgan fingerprint density at radius 3 is 2.33 bits per heavy atom. The van der Waals surface area contributed by atoms with E-state index >= 15 is 0 Å². The van der Waals surface area contributed by atoms with Gasteiger partial charge in [0.05, 0.1) is 17.2 Å². The number of aromatic nitrogens is 1. The predicted molar refractivity (Wildman–Crippen MR) is 127 cm³/mol. The molecule has 1 aromatic heterocycles. The van der Waals surface area contributed by atoms with Gasteiger partial charge in [-0.1, -0.05) is 26.0 Å². The molecule has 2 amide bonds. The maximum Gasteiger partial charge on any atom is 0.257 e. The van der Waals surface area contributed by atoms with Crippen molar-refractivity contribution in [2.24, 2.45) is 11.1 Å². The normalized spacial score (nSPS) is 10.8. The van der Waals surface area contributed by atoms with Crippen molar-refractivity contribution < 1.29 is 9.59 Å². The summed E-state index contributed by atoms with van der Waals surface area (Å²) < 4.78 is 0. The molecule has 7 nitrogen and oxygen atoms in total. The SMILES string of the molecule is CC(C)(CN)CN(Cc1ccc(NC(=O)c2cccnc2)cc1)C(=O)c1ccc(C#N)cc1. The highest BCUT2D eigenvalue weighted by atomic mass is 16.2. The first-order chi connectivity index (χ1) is 15.8. The number of carbonyl (C=O) groups excluding carboxylic acids is 2. The van der Waals surface area contributed by atoms with Crippen molar-refractivity contribution in [3.63, 3.8) is 0 Å². The summed E-state index contributed by atoms with van der Waals surface area (Å²) in [4.78, 5) is 31.3. The van der Waals surface area contributed by atoms with E-state index in [1.807, 2.05) is 38.1 Å². The van der Waals surface area contributed by atoms with Gasteiger partial charge in [0.15, 0.2) is 0 Å². The number of anilines is 1. The number of nitrogens with zero attached hydrogens (tertiary/aromatic N) is 3.